The zero-order valence-corrected chi connectivity index (χ0v) is 79.1. The highest BCUT2D eigenvalue weighted by atomic mass is 32.3. The molecule has 2 aliphatic heterocycles. The van der Waals surface area contributed by atoms with Gasteiger partial charge in [0.1, 0.15) is 48.2 Å². The number of hydrogen-bond acceptors (Lipinski definition) is 34. The van der Waals surface area contributed by atoms with E-state index in [4.69, 9.17) is 18.8 Å². The molecule has 0 radical (unpaired) electrons. The van der Waals surface area contributed by atoms with E-state index in [0.29, 0.717) is 0 Å². The molecule has 2 saturated heterocycles. The van der Waals surface area contributed by atoms with Crippen LogP contribution in [0, 0.1) is 0 Å². The first-order valence-electron chi connectivity index (χ1n) is 38.9. The van der Waals surface area contributed by atoms with Crippen molar-refractivity contribution in [1.29, 1.82) is 0 Å². The van der Waals surface area contributed by atoms with Crippen LogP contribution in [0.15, 0.2) is 29.2 Å². The molecule has 1 aromatic carbocycles. The summed E-state index contributed by atoms with van der Waals surface area (Å²) in [7, 11) is -41.7. The Bertz CT molecular complexity index is 3250. The summed E-state index contributed by atoms with van der Waals surface area (Å²) in [6, 6.07) is 4.25. The molecular formula is C67H146N8O33S8. The van der Waals surface area contributed by atoms with E-state index in [1.807, 2.05) is 0 Å². The maximum Gasteiger partial charge on any atom is 0.397 e. The number of thioether (sulfide) groups is 1. The summed E-state index contributed by atoms with van der Waals surface area (Å²) < 4.78 is 278. The van der Waals surface area contributed by atoms with E-state index >= 15 is 0 Å². The van der Waals surface area contributed by atoms with Gasteiger partial charge in [-0.3, -0.25) is 31.9 Å². The molecule has 0 aromatic heterocycles. The Balaban J connectivity index is -0.000000426. The van der Waals surface area contributed by atoms with Crippen molar-refractivity contribution in [3.8, 4) is 0 Å². The van der Waals surface area contributed by atoms with E-state index in [1.54, 1.807) is 0 Å². The van der Waals surface area contributed by atoms with Gasteiger partial charge in [-0.1, -0.05) is 190 Å². The number of carboxylic acid groups (broad SMARTS) is 1. The molecule has 0 bridgehead atoms. The Labute approximate surface area is 701 Å². The molecule has 2 heterocycles. The standard InChI is InChI=1S/C19H26O33S8.8C6H15N/c20-17(21)7-3-1-2-4-10(7)53-19-16(52-60(40,41)42)13(49-57(31,32)33)11(8(46-19)5-43-54(22,23)24)47-18-15(51-59(37,38)39)14(50-58(34,35)36)12(48-56(28,29)30)9(45-18)6-44-55(25,26)27;8*1-4-7(5-2)6-3/h1-4,8-9,11-16,18-19H,5-6H2,(H,20,21)(H,22,23,24)(H,25,26,27)(H,28,29,30)(H,31,32,33)(H,34,35,36)(H,37,38,39)(H,40,41,42);8*4-6H2,1-3H3/t8-,9-,11-,12-,13+,14+,15-,16-,18-,19+;;;;;;;;/m1......../s1. The van der Waals surface area contributed by atoms with Crippen LogP contribution in [-0.4, -0.2) is 372 Å². The van der Waals surface area contributed by atoms with Gasteiger partial charge in [0, 0.05) is 4.90 Å². The van der Waals surface area contributed by atoms with E-state index in [2.05, 4.69) is 235 Å². The van der Waals surface area contributed by atoms with Gasteiger partial charge in [0.15, 0.2) is 12.4 Å². The molecule has 0 aliphatic carbocycles. The molecule has 3 rings (SSSR count). The lowest BCUT2D eigenvalue weighted by molar-refractivity contribution is -0.325. The number of hydrogen-bond donors (Lipinski definition) is 8. The second-order valence-corrected chi connectivity index (χ2v) is 32.5. The van der Waals surface area contributed by atoms with Crippen LogP contribution in [0.25, 0.3) is 0 Å². The molecule has 49 heteroatoms. The summed E-state index contributed by atoms with van der Waals surface area (Å²) >= 11 is 0.0531. The van der Waals surface area contributed by atoms with Crippen LogP contribution in [0.1, 0.15) is 177 Å². The van der Waals surface area contributed by atoms with Gasteiger partial charge in [-0.05, 0) is 169 Å². The molecule has 2 aliphatic rings. The molecule has 1 aromatic rings. The van der Waals surface area contributed by atoms with Crippen molar-refractivity contribution in [3.63, 3.8) is 0 Å². The summed E-state index contributed by atoms with van der Waals surface area (Å²) in [5.41, 5.74) is -3.00. The maximum absolute atomic E-state index is 12.2. The quantitative estimate of drug-likeness (QED) is 0.0316. The van der Waals surface area contributed by atoms with Crippen molar-refractivity contribution < 1.29 is 144 Å². The number of aromatic carboxylic acids is 1. The highest BCUT2D eigenvalue weighted by Gasteiger charge is 2.59. The monoisotopic (exact) mass is 1850 g/mol. The highest BCUT2D eigenvalue weighted by Crippen LogP contribution is 2.42. The minimum atomic E-state index is -6.16. The molecule has 116 heavy (non-hydrogen) atoms. The van der Waals surface area contributed by atoms with Crippen molar-refractivity contribution >= 4 is 90.5 Å². The molecular weight excluding hydrogens is 1700 g/mol. The summed E-state index contributed by atoms with van der Waals surface area (Å²) in [6.45, 7) is 77.4. The Morgan fingerprint density at radius 2 is 0.526 bits per heavy atom. The Hall–Kier alpha value is -2.31. The van der Waals surface area contributed by atoms with Gasteiger partial charge in [0.05, 0.1) is 18.8 Å². The second kappa shape index (κ2) is 68.1. The lowest BCUT2D eigenvalue weighted by Crippen LogP contribution is -2.66. The third-order valence-electron chi connectivity index (χ3n) is 17.5. The molecule has 2 fully saturated rings. The smallest absolute Gasteiger partial charge is 0.397 e. The van der Waals surface area contributed by atoms with Crippen LogP contribution < -0.4 is 0 Å². The van der Waals surface area contributed by atoms with Crippen molar-refractivity contribution in [3.05, 3.63) is 29.8 Å². The normalized spacial score (nSPS) is 19.9. The molecule has 0 spiro atoms. The number of rotatable bonds is 45. The largest absolute Gasteiger partial charge is 0.478 e. The van der Waals surface area contributed by atoms with Crippen LogP contribution in [-0.2, 0) is 116 Å². The van der Waals surface area contributed by atoms with E-state index in [1.165, 1.54) is 157 Å². The Morgan fingerprint density at radius 1 is 0.310 bits per heavy atom. The third-order valence-corrected chi connectivity index (χ3v) is 21.9. The van der Waals surface area contributed by atoms with Crippen molar-refractivity contribution in [1.82, 2.24) is 39.2 Å². The topological polar surface area (TPSA) is 536 Å². The lowest BCUT2D eigenvalue weighted by Gasteiger charge is -2.48. The summed E-state index contributed by atoms with van der Waals surface area (Å²) in [4.78, 5) is 30.5. The van der Waals surface area contributed by atoms with Crippen LogP contribution >= 0.6 is 11.8 Å². The first kappa shape index (κ1) is 124. The van der Waals surface area contributed by atoms with Crippen LogP contribution in [0.3, 0.4) is 0 Å². The summed E-state index contributed by atoms with van der Waals surface area (Å²) in [5.74, 6) is -1.69. The predicted molar refractivity (Wildman–Crippen MR) is 446 cm³/mol. The molecule has 8 N–H and O–H groups in total. The number of benzene rings is 1. The van der Waals surface area contributed by atoms with Gasteiger partial charge in [-0.25, -0.2) is 34.1 Å². The van der Waals surface area contributed by atoms with Gasteiger partial charge in [0.25, 0.3) is 0 Å². The molecule has 0 unspecified atom stereocenters. The fourth-order valence-electron chi connectivity index (χ4n) is 10.3. The number of ether oxygens (including phenoxy) is 3. The van der Waals surface area contributed by atoms with Gasteiger partial charge in [-0.15, -0.1) is 0 Å². The zero-order valence-electron chi connectivity index (χ0n) is 72.6. The average Bonchev–Trinajstić information content (AvgIpc) is 0.755. The lowest BCUT2D eigenvalue weighted by atomic mass is 9.97. The molecule has 10 atom stereocenters. The van der Waals surface area contributed by atoms with E-state index in [-0.39, 0.29) is 11.8 Å². The maximum atomic E-state index is 12.2. The molecule has 700 valence electrons. The molecule has 0 saturated carbocycles. The zero-order chi connectivity index (χ0) is 91.6. The fourth-order valence-corrected chi connectivity index (χ4v) is 14.7. The van der Waals surface area contributed by atoms with Gasteiger partial charge in [0.2, 0.25) is 0 Å². The Morgan fingerprint density at radius 3 is 0.750 bits per heavy atom. The van der Waals surface area contributed by atoms with E-state index in [9.17, 15) is 96.1 Å². The van der Waals surface area contributed by atoms with Crippen molar-refractivity contribution in [2.75, 3.05) is 170 Å². The number of carbonyl (C=O) groups is 1. The SMILES string of the molecule is CCN(CC)CC.CCN(CC)CC.CCN(CC)CC.CCN(CC)CC.CCN(CC)CC.CCN(CC)CC.CCN(CC)CC.CCN(CC)CC.O=C(O)c1ccccc1S[C@@H]1O[C@H](COS(=O)(=O)O)[C@@H](O[C@H]2O[C@H](COS(=O)(=O)O)[C@@H](OS(=O)(=O)O)[C@H](OS(=O)(=O)O)[C@H]2OS(=O)(=O)O)[C@H](OS(=O)(=O)O)[C@H]1OS(=O)(=O)O. The van der Waals surface area contributed by atoms with Crippen LogP contribution in [0.5, 0.6) is 0 Å². The molecule has 0 amide bonds. The predicted octanol–water partition coefficient (Wildman–Crippen LogP) is 6.68. The third kappa shape index (κ3) is 64.5. The van der Waals surface area contributed by atoms with E-state index in [0.717, 1.165) is 24.3 Å². The van der Waals surface area contributed by atoms with Gasteiger partial charge in [-0.2, -0.15) is 58.9 Å². The number of carboxylic acids is 1. The van der Waals surface area contributed by atoms with Gasteiger partial charge >= 0.3 is 78.8 Å². The first-order valence-corrected chi connectivity index (χ1v) is 49.4. The summed E-state index contributed by atoms with van der Waals surface area (Å²) in [5, 5.41) is 9.63. The minimum Gasteiger partial charge on any atom is -0.478 e. The summed E-state index contributed by atoms with van der Waals surface area (Å²) in [6.07, 6.45) is -27.3. The second-order valence-electron chi connectivity index (χ2n) is 23.9. The molecule has 41 nitrogen and oxygen atoms in total. The highest BCUT2D eigenvalue weighted by molar-refractivity contribution is 8.00. The number of nitrogens with zero attached hydrogens (tertiary/aromatic N) is 8. The first-order chi connectivity index (χ1) is 53.7. The van der Waals surface area contributed by atoms with Crippen molar-refractivity contribution in [2.24, 2.45) is 0 Å². The van der Waals surface area contributed by atoms with Gasteiger partial charge < -0.3 is 58.5 Å². The van der Waals surface area contributed by atoms with Crippen LogP contribution in [0.2, 0.25) is 0 Å². The Kier molecular flexibility index (Phi) is 73.1. The van der Waals surface area contributed by atoms with E-state index < -0.39 is 163 Å². The van der Waals surface area contributed by atoms with Crippen LogP contribution in [0.4, 0.5) is 0 Å². The minimum absolute atomic E-state index is 0.0531. The average molecular weight is 1850 g/mol. The van der Waals surface area contributed by atoms with Crippen molar-refractivity contribution in [2.45, 2.75) is 232 Å². The fraction of sp³-hybridized carbons (Fsp3) is 0.896.